The minimum atomic E-state index is -0.195. The van der Waals surface area contributed by atoms with Crippen LogP contribution in [0.5, 0.6) is 5.88 Å². The van der Waals surface area contributed by atoms with Gasteiger partial charge in [-0.25, -0.2) is 4.98 Å². The van der Waals surface area contributed by atoms with Crippen molar-refractivity contribution in [3.63, 3.8) is 0 Å². The van der Waals surface area contributed by atoms with Crippen LogP contribution < -0.4 is 10.1 Å². The van der Waals surface area contributed by atoms with Crippen LogP contribution in [0, 0.1) is 6.92 Å². The SMILES string of the molecule is Cc1[nH]c2ccccc2c1C(=O)Nc1ccnc(OCCO)c1. The number of nitrogens with one attached hydrogen (secondary N) is 2. The maximum atomic E-state index is 12.6. The van der Waals surface area contributed by atoms with Gasteiger partial charge in [0, 0.05) is 34.5 Å². The summed E-state index contributed by atoms with van der Waals surface area (Å²) < 4.78 is 5.24. The summed E-state index contributed by atoms with van der Waals surface area (Å²) in [5.41, 5.74) is 2.95. The largest absolute Gasteiger partial charge is 0.475 e. The second kappa shape index (κ2) is 6.50. The molecule has 3 N–H and O–H groups in total. The number of rotatable bonds is 5. The number of aliphatic hydroxyl groups is 1. The van der Waals surface area contributed by atoms with Gasteiger partial charge in [0.25, 0.3) is 5.91 Å². The van der Waals surface area contributed by atoms with Crippen LogP contribution in [0.2, 0.25) is 0 Å². The molecule has 23 heavy (non-hydrogen) atoms. The highest BCUT2D eigenvalue weighted by atomic mass is 16.5. The third kappa shape index (κ3) is 3.17. The van der Waals surface area contributed by atoms with E-state index in [0.717, 1.165) is 16.6 Å². The number of aromatic nitrogens is 2. The lowest BCUT2D eigenvalue weighted by Crippen LogP contribution is -2.13. The van der Waals surface area contributed by atoms with Crippen LogP contribution in [-0.2, 0) is 0 Å². The van der Waals surface area contributed by atoms with E-state index in [4.69, 9.17) is 9.84 Å². The molecule has 0 fully saturated rings. The Morgan fingerprint density at radius 1 is 1.35 bits per heavy atom. The number of benzene rings is 1. The van der Waals surface area contributed by atoms with E-state index in [1.54, 1.807) is 18.3 Å². The fourth-order valence-electron chi connectivity index (χ4n) is 2.48. The molecule has 0 bridgehead atoms. The molecule has 6 nitrogen and oxygen atoms in total. The van der Waals surface area contributed by atoms with Gasteiger partial charge in [0.2, 0.25) is 5.88 Å². The van der Waals surface area contributed by atoms with E-state index in [1.165, 1.54) is 0 Å². The van der Waals surface area contributed by atoms with Gasteiger partial charge in [-0.2, -0.15) is 0 Å². The first kappa shape index (κ1) is 15.1. The van der Waals surface area contributed by atoms with E-state index in [1.807, 2.05) is 31.2 Å². The van der Waals surface area contributed by atoms with E-state index < -0.39 is 0 Å². The predicted octanol–water partition coefficient (Wildman–Crippen LogP) is 2.49. The summed E-state index contributed by atoms with van der Waals surface area (Å²) in [4.78, 5) is 19.8. The van der Waals surface area contributed by atoms with E-state index >= 15 is 0 Å². The molecule has 0 atom stereocenters. The van der Waals surface area contributed by atoms with Crippen LogP contribution in [0.4, 0.5) is 5.69 Å². The molecule has 3 aromatic rings. The van der Waals surface area contributed by atoms with Crippen LogP contribution in [0.15, 0.2) is 42.6 Å². The normalized spacial score (nSPS) is 10.7. The van der Waals surface area contributed by atoms with Crippen molar-refractivity contribution in [1.29, 1.82) is 0 Å². The average Bonchev–Trinajstić information content (AvgIpc) is 2.89. The summed E-state index contributed by atoms with van der Waals surface area (Å²) in [7, 11) is 0. The van der Waals surface area contributed by atoms with Crippen molar-refractivity contribution in [1.82, 2.24) is 9.97 Å². The first-order valence-electron chi connectivity index (χ1n) is 7.27. The molecule has 0 aliphatic carbocycles. The molecule has 2 aromatic heterocycles. The Morgan fingerprint density at radius 2 is 2.17 bits per heavy atom. The number of hydrogen-bond donors (Lipinski definition) is 3. The van der Waals surface area contributed by atoms with Crippen molar-refractivity contribution < 1.29 is 14.6 Å². The summed E-state index contributed by atoms with van der Waals surface area (Å²) in [6.45, 7) is 1.94. The van der Waals surface area contributed by atoms with Crippen LogP contribution in [0.3, 0.4) is 0 Å². The zero-order valence-corrected chi connectivity index (χ0v) is 12.7. The summed E-state index contributed by atoms with van der Waals surface area (Å²) >= 11 is 0. The minimum absolute atomic E-state index is 0.0905. The monoisotopic (exact) mass is 311 g/mol. The Hall–Kier alpha value is -2.86. The van der Waals surface area contributed by atoms with Crippen molar-refractivity contribution >= 4 is 22.5 Å². The summed E-state index contributed by atoms with van der Waals surface area (Å²) in [6, 6.07) is 11.0. The molecule has 0 aliphatic rings. The molecule has 1 amide bonds. The quantitative estimate of drug-likeness (QED) is 0.675. The Bertz CT molecular complexity index is 842. The number of carbonyl (C=O) groups excluding carboxylic acids is 1. The molecule has 0 unspecified atom stereocenters. The molecule has 0 saturated carbocycles. The number of nitrogens with zero attached hydrogens (tertiary/aromatic N) is 1. The van der Waals surface area contributed by atoms with Crippen LogP contribution in [-0.4, -0.2) is 34.2 Å². The zero-order valence-electron chi connectivity index (χ0n) is 12.7. The second-order valence-corrected chi connectivity index (χ2v) is 5.08. The van der Waals surface area contributed by atoms with Crippen molar-refractivity contribution in [2.24, 2.45) is 0 Å². The van der Waals surface area contributed by atoms with Crippen molar-refractivity contribution in [3.8, 4) is 5.88 Å². The Morgan fingerprint density at radius 3 is 3.00 bits per heavy atom. The first-order chi connectivity index (χ1) is 11.2. The van der Waals surface area contributed by atoms with Gasteiger partial charge in [0.15, 0.2) is 0 Å². The van der Waals surface area contributed by atoms with Crippen molar-refractivity contribution in [3.05, 3.63) is 53.9 Å². The lowest BCUT2D eigenvalue weighted by atomic mass is 10.1. The molecule has 0 saturated heterocycles. The van der Waals surface area contributed by atoms with Gasteiger partial charge in [-0.15, -0.1) is 0 Å². The summed E-state index contributed by atoms with van der Waals surface area (Å²) in [5.74, 6) is 0.159. The van der Waals surface area contributed by atoms with Gasteiger partial charge < -0.3 is 20.1 Å². The van der Waals surface area contributed by atoms with E-state index in [-0.39, 0.29) is 19.1 Å². The molecular formula is C17H17N3O3. The number of para-hydroxylation sites is 1. The van der Waals surface area contributed by atoms with Gasteiger partial charge in [0.05, 0.1) is 12.2 Å². The van der Waals surface area contributed by atoms with Gasteiger partial charge in [0.1, 0.15) is 6.61 Å². The van der Waals surface area contributed by atoms with Crippen molar-refractivity contribution in [2.75, 3.05) is 18.5 Å². The molecule has 2 heterocycles. The Balaban J connectivity index is 1.85. The van der Waals surface area contributed by atoms with Gasteiger partial charge >= 0.3 is 0 Å². The van der Waals surface area contributed by atoms with Gasteiger partial charge in [-0.3, -0.25) is 4.79 Å². The highest BCUT2D eigenvalue weighted by molar-refractivity contribution is 6.13. The number of hydrogen-bond acceptors (Lipinski definition) is 4. The van der Waals surface area contributed by atoms with Crippen LogP contribution in [0.1, 0.15) is 16.1 Å². The molecule has 3 rings (SSSR count). The smallest absolute Gasteiger partial charge is 0.258 e. The fourth-order valence-corrected chi connectivity index (χ4v) is 2.48. The van der Waals surface area contributed by atoms with E-state index in [0.29, 0.717) is 17.1 Å². The molecular weight excluding hydrogens is 294 g/mol. The van der Waals surface area contributed by atoms with Crippen LogP contribution >= 0.6 is 0 Å². The van der Waals surface area contributed by atoms with Crippen molar-refractivity contribution in [2.45, 2.75) is 6.92 Å². The highest BCUT2D eigenvalue weighted by Crippen LogP contribution is 2.23. The number of pyridine rings is 1. The number of carbonyl (C=O) groups is 1. The maximum Gasteiger partial charge on any atom is 0.258 e. The lowest BCUT2D eigenvalue weighted by Gasteiger charge is -2.08. The number of aliphatic hydroxyl groups excluding tert-OH is 1. The first-order valence-corrected chi connectivity index (χ1v) is 7.27. The zero-order chi connectivity index (χ0) is 16.2. The molecule has 118 valence electrons. The molecule has 1 aromatic carbocycles. The number of H-pyrrole nitrogens is 1. The van der Waals surface area contributed by atoms with E-state index in [2.05, 4.69) is 15.3 Å². The number of ether oxygens (including phenoxy) is 1. The molecule has 0 spiro atoms. The molecule has 0 aliphatic heterocycles. The maximum absolute atomic E-state index is 12.6. The van der Waals surface area contributed by atoms with Gasteiger partial charge in [-0.1, -0.05) is 18.2 Å². The number of anilines is 1. The standard InChI is InChI=1S/C17H17N3O3/c1-11-16(13-4-2-3-5-14(13)19-11)17(22)20-12-6-7-18-15(10-12)23-9-8-21/h2-7,10,19,21H,8-9H2,1H3,(H,18,20,22). The van der Waals surface area contributed by atoms with Crippen LogP contribution in [0.25, 0.3) is 10.9 Å². The average molecular weight is 311 g/mol. The van der Waals surface area contributed by atoms with Gasteiger partial charge in [-0.05, 0) is 19.1 Å². The third-order valence-electron chi connectivity index (χ3n) is 3.45. The lowest BCUT2D eigenvalue weighted by molar-refractivity contribution is 0.102. The molecule has 0 radical (unpaired) electrons. The number of amides is 1. The predicted molar refractivity (Wildman–Crippen MR) is 87.8 cm³/mol. The Kier molecular flexibility index (Phi) is 4.25. The number of aryl methyl sites for hydroxylation is 1. The summed E-state index contributed by atoms with van der Waals surface area (Å²) in [6.07, 6.45) is 1.55. The summed E-state index contributed by atoms with van der Waals surface area (Å²) in [5, 5.41) is 12.5. The highest BCUT2D eigenvalue weighted by Gasteiger charge is 2.16. The number of aromatic amines is 1. The topological polar surface area (TPSA) is 87.2 Å². The minimum Gasteiger partial charge on any atom is -0.475 e. The van der Waals surface area contributed by atoms with E-state index in [9.17, 15) is 4.79 Å². The number of fused-ring (bicyclic) bond motifs is 1. The fraction of sp³-hybridized carbons (Fsp3) is 0.176. The molecule has 6 heteroatoms. The third-order valence-corrected chi connectivity index (χ3v) is 3.45. The Labute approximate surface area is 133 Å². The second-order valence-electron chi connectivity index (χ2n) is 5.08.